The van der Waals surface area contributed by atoms with Gasteiger partial charge in [0.05, 0.1) is 33.6 Å². The lowest BCUT2D eigenvalue weighted by atomic mass is 10.0. The molecule has 0 bridgehead atoms. The molecule has 0 spiro atoms. The van der Waals surface area contributed by atoms with Crippen molar-refractivity contribution in [2.45, 2.75) is 16.7 Å². The van der Waals surface area contributed by atoms with Gasteiger partial charge in [-0.15, -0.1) is 23.1 Å². The Morgan fingerprint density at radius 1 is 1.24 bits per heavy atom. The van der Waals surface area contributed by atoms with Crippen molar-refractivity contribution in [2.75, 3.05) is 30.1 Å². The highest BCUT2D eigenvalue weighted by Gasteiger charge is 2.22. The maximum absolute atomic E-state index is 12.2. The molecule has 4 heterocycles. The minimum absolute atomic E-state index is 0.223. The summed E-state index contributed by atoms with van der Waals surface area (Å²) in [5.41, 5.74) is 4.24. The van der Waals surface area contributed by atoms with Crippen molar-refractivity contribution in [2.24, 2.45) is 0 Å². The average molecular weight is 531 g/mol. The van der Waals surface area contributed by atoms with Crippen LogP contribution in [0, 0.1) is 11.3 Å². The van der Waals surface area contributed by atoms with Crippen LogP contribution in [0.4, 0.5) is 22.1 Å². The molecule has 11 heteroatoms. The van der Waals surface area contributed by atoms with E-state index in [-0.39, 0.29) is 6.10 Å². The predicted octanol–water partition coefficient (Wildman–Crippen LogP) is 5.94. The predicted molar refractivity (Wildman–Crippen MR) is 144 cm³/mol. The molecule has 1 aliphatic heterocycles. The Balaban J connectivity index is 1.39. The summed E-state index contributed by atoms with van der Waals surface area (Å²) >= 11 is 3.05. The Hall–Kier alpha value is -3.98. The molecule has 9 nitrogen and oxygen atoms in total. The fraction of sp³-hybridized carbons (Fsp3) is 0.192. The lowest BCUT2D eigenvalue weighted by Gasteiger charge is -2.12. The third-order valence-corrected chi connectivity index (χ3v) is 7.87. The number of ether oxygens (including phenoxy) is 2. The summed E-state index contributed by atoms with van der Waals surface area (Å²) < 4.78 is 11.5. The van der Waals surface area contributed by atoms with E-state index in [1.54, 1.807) is 30.7 Å². The number of carbonyl (C=O) groups excluding carboxylic acids is 1. The minimum Gasteiger partial charge on any atom is -0.443 e. The quantitative estimate of drug-likeness (QED) is 0.279. The van der Waals surface area contributed by atoms with E-state index < -0.39 is 6.09 Å². The zero-order valence-corrected chi connectivity index (χ0v) is 21.4. The van der Waals surface area contributed by atoms with E-state index in [1.807, 2.05) is 36.6 Å². The first-order valence-corrected chi connectivity index (χ1v) is 13.5. The van der Waals surface area contributed by atoms with Gasteiger partial charge in [-0.1, -0.05) is 12.1 Å². The fourth-order valence-corrected chi connectivity index (χ4v) is 5.79. The number of benzene rings is 1. The Kier molecular flexibility index (Phi) is 7.60. The van der Waals surface area contributed by atoms with Crippen molar-refractivity contribution < 1.29 is 14.3 Å². The second kappa shape index (κ2) is 11.4. The molecule has 0 aliphatic carbocycles. The molecule has 1 fully saturated rings. The zero-order chi connectivity index (χ0) is 25.6. The third kappa shape index (κ3) is 5.72. The number of hydrogen-bond acceptors (Lipinski definition) is 10. The summed E-state index contributed by atoms with van der Waals surface area (Å²) in [4.78, 5) is 26.4. The first-order valence-electron chi connectivity index (χ1n) is 11.4. The van der Waals surface area contributed by atoms with Crippen LogP contribution in [-0.4, -0.2) is 46.6 Å². The maximum atomic E-state index is 12.2. The van der Waals surface area contributed by atoms with Crippen LogP contribution in [0.1, 0.15) is 12.0 Å². The van der Waals surface area contributed by atoms with Gasteiger partial charge in [-0.3, -0.25) is 10.3 Å². The fourth-order valence-electron chi connectivity index (χ4n) is 3.88. The molecule has 186 valence electrons. The third-order valence-electron chi connectivity index (χ3n) is 5.54. The minimum atomic E-state index is -0.524. The second-order valence-corrected chi connectivity index (χ2v) is 10.1. The molecule has 1 amide bonds. The topological polar surface area (TPSA) is 122 Å². The number of thioether (sulfide) groups is 1. The Morgan fingerprint density at radius 3 is 2.89 bits per heavy atom. The Bertz CT molecular complexity index is 1450. The van der Waals surface area contributed by atoms with Gasteiger partial charge in [0.1, 0.15) is 12.2 Å². The number of rotatable bonds is 7. The number of amides is 1. The summed E-state index contributed by atoms with van der Waals surface area (Å²) in [7, 11) is 0. The summed E-state index contributed by atoms with van der Waals surface area (Å²) in [6, 6.07) is 15.2. The molecule has 4 aromatic rings. The van der Waals surface area contributed by atoms with Crippen molar-refractivity contribution in [3.05, 3.63) is 66.6 Å². The van der Waals surface area contributed by atoms with Gasteiger partial charge in [0, 0.05) is 47.5 Å². The number of pyridine rings is 1. The lowest BCUT2D eigenvalue weighted by molar-refractivity contribution is 0.0932. The van der Waals surface area contributed by atoms with Crippen molar-refractivity contribution >= 4 is 46.5 Å². The number of anilines is 3. The average Bonchev–Trinajstić information content (AvgIpc) is 3.57. The highest BCUT2D eigenvalue weighted by atomic mass is 32.2. The molecule has 2 N–H and O–H groups in total. The largest absolute Gasteiger partial charge is 0.443 e. The van der Waals surface area contributed by atoms with Gasteiger partial charge in [0.25, 0.3) is 0 Å². The van der Waals surface area contributed by atoms with Gasteiger partial charge in [-0.05, 0) is 36.6 Å². The molecule has 0 saturated carbocycles. The van der Waals surface area contributed by atoms with Crippen molar-refractivity contribution in [3.8, 4) is 27.8 Å². The number of thiophene rings is 1. The number of nitriles is 1. The summed E-state index contributed by atoms with van der Waals surface area (Å²) in [5.74, 6) is 0.384. The van der Waals surface area contributed by atoms with Gasteiger partial charge in [-0.25, -0.2) is 14.8 Å². The van der Waals surface area contributed by atoms with Crippen LogP contribution < -0.4 is 10.6 Å². The molecular weight excluding hydrogens is 508 g/mol. The number of aromatic nitrogens is 3. The SMILES string of the molecule is CSc1sc(-c2ccnc(Nc3cccc(NC(=O)OC4CCOC4)c3)n2)c(-c2cccnc2)c1C#N. The van der Waals surface area contributed by atoms with Crippen LogP contribution in [0.3, 0.4) is 0 Å². The summed E-state index contributed by atoms with van der Waals surface area (Å²) in [6.07, 6.45) is 7.03. The first kappa shape index (κ1) is 24.7. The van der Waals surface area contributed by atoms with Crippen LogP contribution in [0.2, 0.25) is 0 Å². The Morgan fingerprint density at radius 2 is 2.14 bits per heavy atom. The number of nitrogens with one attached hydrogen (secondary N) is 2. The van der Waals surface area contributed by atoms with E-state index in [4.69, 9.17) is 14.5 Å². The molecule has 1 aromatic carbocycles. The molecule has 37 heavy (non-hydrogen) atoms. The monoisotopic (exact) mass is 530 g/mol. The maximum Gasteiger partial charge on any atom is 0.411 e. The van der Waals surface area contributed by atoms with Crippen LogP contribution in [-0.2, 0) is 9.47 Å². The van der Waals surface area contributed by atoms with Gasteiger partial charge >= 0.3 is 6.09 Å². The van der Waals surface area contributed by atoms with E-state index in [0.29, 0.717) is 48.2 Å². The standard InChI is InChI=1S/C26H22N6O3S2/c1-36-24-20(13-27)22(16-4-3-9-28-14-16)23(37-24)21-7-10-29-25(32-21)30-17-5-2-6-18(12-17)31-26(33)35-19-8-11-34-15-19/h2-7,9-10,12,14,19H,8,11,15H2,1H3,(H,31,33)(H,29,30,32). The number of nitrogens with zero attached hydrogens (tertiary/aromatic N) is 4. The van der Waals surface area contributed by atoms with Gasteiger partial charge < -0.3 is 14.8 Å². The highest BCUT2D eigenvalue weighted by Crippen LogP contribution is 2.45. The molecule has 3 aromatic heterocycles. The second-order valence-electron chi connectivity index (χ2n) is 8.01. The molecule has 0 radical (unpaired) electrons. The van der Waals surface area contributed by atoms with Crippen LogP contribution in [0.25, 0.3) is 21.7 Å². The number of carbonyl (C=O) groups is 1. The molecular formula is C26H22N6O3S2. The van der Waals surface area contributed by atoms with Crippen molar-refractivity contribution in [3.63, 3.8) is 0 Å². The van der Waals surface area contributed by atoms with E-state index in [1.165, 1.54) is 23.1 Å². The van der Waals surface area contributed by atoms with Crippen LogP contribution in [0.5, 0.6) is 0 Å². The molecule has 1 unspecified atom stereocenters. The van der Waals surface area contributed by atoms with E-state index in [2.05, 4.69) is 26.7 Å². The molecule has 5 rings (SSSR count). The summed E-state index contributed by atoms with van der Waals surface area (Å²) in [5, 5.41) is 15.8. The van der Waals surface area contributed by atoms with Gasteiger partial charge in [0.15, 0.2) is 0 Å². The summed E-state index contributed by atoms with van der Waals surface area (Å²) in [6.45, 7) is 1.02. The van der Waals surface area contributed by atoms with Crippen LogP contribution in [0.15, 0.2) is 65.3 Å². The van der Waals surface area contributed by atoms with Crippen LogP contribution >= 0.6 is 23.1 Å². The van der Waals surface area contributed by atoms with E-state index in [0.717, 1.165) is 20.2 Å². The van der Waals surface area contributed by atoms with Gasteiger partial charge in [0.2, 0.25) is 5.95 Å². The first-order chi connectivity index (χ1) is 18.1. The van der Waals surface area contributed by atoms with E-state index >= 15 is 0 Å². The smallest absolute Gasteiger partial charge is 0.411 e. The molecule has 1 atom stereocenters. The molecule has 1 aliphatic rings. The van der Waals surface area contributed by atoms with Crippen molar-refractivity contribution in [1.82, 2.24) is 15.0 Å². The zero-order valence-electron chi connectivity index (χ0n) is 19.8. The van der Waals surface area contributed by atoms with Crippen molar-refractivity contribution in [1.29, 1.82) is 5.26 Å². The van der Waals surface area contributed by atoms with Gasteiger partial charge in [-0.2, -0.15) is 5.26 Å². The van der Waals surface area contributed by atoms with E-state index in [9.17, 15) is 10.1 Å². The molecule has 1 saturated heterocycles. The highest BCUT2D eigenvalue weighted by molar-refractivity contribution is 8.00. The lowest BCUT2D eigenvalue weighted by Crippen LogP contribution is -2.22. The Labute approximate surface area is 221 Å². The normalized spacial score (nSPS) is 14.6. The number of hydrogen-bond donors (Lipinski definition) is 2.